The Morgan fingerprint density at radius 2 is 2.00 bits per heavy atom. The van der Waals surface area contributed by atoms with E-state index < -0.39 is 5.97 Å². The molecule has 0 aromatic heterocycles. The topological polar surface area (TPSA) is 40.5 Å². The fourth-order valence-electron chi connectivity index (χ4n) is 1.67. The van der Waals surface area contributed by atoms with Gasteiger partial charge in [0.05, 0.1) is 0 Å². The van der Waals surface area contributed by atoms with Crippen molar-refractivity contribution in [2.75, 3.05) is 13.1 Å². The molecular formula is C10H17NO2. The third kappa shape index (κ3) is 3.59. The fraction of sp³-hybridized carbons (Fsp3) is 0.700. The zero-order chi connectivity index (χ0) is 9.68. The van der Waals surface area contributed by atoms with Crippen LogP contribution in [-0.4, -0.2) is 35.1 Å². The highest BCUT2D eigenvalue weighted by Gasteiger charge is 2.13. The first kappa shape index (κ1) is 10.3. The van der Waals surface area contributed by atoms with Crippen LogP contribution in [0.4, 0.5) is 0 Å². The zero-order valence-electron chi connectivity index (χ0n) is 8.07. The van der Waals surface area contributed by atoms with Crippen LogP contribution in [0.15, 0.2) is 12.2 Å². The molecule has 0 aromatic carbocycles. The Kier molecular flexibility index (Phi) is 3.96. The lowest BCUT2D eigenvalue weighted by atomic mass is 10.1. The van der Waals surface area contributed by atoms with Crippen molar-refractivity contribution in [1.29, 1.82) is 0 Å². The summed E-state index contributed by atoms with van der Waals surface area (Å²) in [5.41, 5.74) is 0. The minimum atomic E-state index is -0.858. The number of carboxylic acids is 1. The van der Waals surface area contributed by atoms with E-state index in [0.717, 1.165) is 13.1 Å². The molecule has 13 heavy (non-hydrogen) atoms. The smallest absolute Gasteiger partial charge is 0.328 e. The van der Waals surface area contributed by atoms with E-state index in [9.17, 15) is 4.79 Å². The SMILES string of the molecule is CC(C=CC(=O)O)N1CCCCC1. The first-order chi connectivity index (χ1) is 6.20. The lowest BCUT2D eigenvalue weighted by molar-refractivity contribution is -0.131. The van der Waals surface area contributed by atoms with Gasteiger partial charge in [0.1, 0.15) is 0 Å². The van der Waals surface area contributed by atoms with Crippen molar-refractivity contribution in [2.24, 2.45) is 0 Å². The van der Waals surface area contributed by atoms with Crippen LogP contribution in [0, 0.1) is 0 Å². The second-order valence-electron chi connectivity index (χ2n) is 3.53. The van der Waals surface area contributed by atoms with Crippen molar-refractivity contribution in [1.82, 2.24) is 4.90 Å². The van der Waals surface area contributed by atoms with Gasteiger partial charge in [-0.3, -0.25) is 4.90 Å². The molecule has 1 saturated heterocycles. The second-order valence-corrected chi connectivity index (χ2v) is 3.53. The quantitative estimate of drug-likeness (QED) is 0.674. The Morgan fingerprint density at radius 3 is 2.54 bits per heavy atom. The maximum Gasteiger partial charge on any atom is 0.328 e. The molecule has 1 atom stereocenters. The van der Waals surface area contributed by atoms with Crippen molar-refractivity contribution in [2.45, 2.75) is 32.2 Å². The molecule has 74 valence electrons. The van der Waals surface area contributed by atoms with Crippen LogP contribution in [0.2, 0.25) is 0 Å². The van der Waals surface area contributed by atoms with Gasteiger partial charge in [-0.15, -0.1) is 0 Å². The van der Waals surface area contributed by atoms with Gasteiger partial charge in [-0.05, 0) is 32.9 Å². The molecule has 0 aromatic rings. The van der Waals surface area contributed by atoms with Crippen LogP contribution >= 0.6 is 0 Å². The molecular weight excluding hydrogens is 166 g/mol. The van der Waals surface area contributed by atoms with E-state index >= 15 is 0 Å². The van der Waals surface area contributed by atoms with Crippen LogP contribution in [0.1, 0.15) is 26.2 Å². The van der Waals surface area contributed by atoms with E-state index in [1.807, 2.05) is 6.92 Å². The third-order valence-corrected chi connectivity index (χ3v) is 2.48. The van der Waals surface area contributed by atoms with Crippen molar-refractivity contribution in [3.8, 4) is 0 Å². The van der Waals surface area contributed by atoms with Crippen molar-refractivity contribution in [3.63, 3.8) is 0 Å². The maximum absolute atomic E-state index is 10.3. The predicted octanol–water partition coefficient (Wildman–Crippen LogP) is 1.50. The number of hydrogen-bond acceptors (Lipinski definition) is 2. The molecule has 1 fully saturated rings. The van der Waals surface area contributed by atoms with Gasteiger partial charge in [0.25, 0.3) is 0 Å². The summed E-state index contributed by atoms with van der Waals surface area (Å²) in [6.45, 7) is 4.25. The summed E-state index contributed by atoms with van der Waals surface area (Å²) in [6, 6.07) is 0.261. The van der Waals surface area contributed by atoms with Gasteiger partial charge >= 0.3 is 5.97 Å². The summed E-state index contributed by atoms with van der Waals surface area (Å²) in [7, 11) is 0. The average molecular weight is 183 g/mol. The van der Waals surface area contributed by atoms with Gasteiger partial charge in [-0.2, -0.15) is 0 Å². The molecule has 0 aliphatic carbocycles. The summed E-state index contributed by atoms with van der Waals surface area (Å²) >= 11 is 0. The number of carbonyl (C=O) groups is 1. The molecule has 0 amide bonds. The molecule has 1 unspecified atom stereocenters. The molecule has 1 heterocycles. The molecule has 1 N–H and O–H groups in total. The molecule has 0 bridgehead atoms. The number of likely N-dealkylation sites (tertiary alicyclic amines) is 1. The van der Waals surface area contributed by atoms with E-state index in [1.165, 1.54) is 25.3 Å². The molecule has 3 nitrogen and oxygen atoms in total. The Bertz CT molecular complexity index is 195. The zero-order valence-corrected chi connectivity index (χ0v) is 8.07. The summed E-state index contributed by atoms with van der Waals surface area (Å²) < 4.78 is 0. The summed E-state index contributed by atoms with van der Waals surface area (Å²) in [6.07, 6.45) is 6.79. The summed E-state index contributed by atoms with van der Waals surface area (Å²) in [5.74, 6) is -0.858. The molecule has 1 rings (SSSR count). The number of hydrogen-bond donors (Lipinski definition) is 1. The van der Waals surface area contributed by atoms with Crippen LogP contribution < -0.4 is 0 Å². The van der Waals surface area contributed by atoms with E-state index in [0.29, 0.717) is 0 Å². The highest BCUT2D eigenvalue weighted by molar-refractivity contribution is 5.79. The van der Waals surface area contributed by atoms with Gasteiger partial charge in [-0.25, -0.2) is 4.79 Å². The highest BCUT2D eigenvalue weighted by Crippen LogP contribution is 2.12. The van der Waals surface area contributed by atoms with Crippen molar-refractivity contribution in [3.05, 3.63) is 12.2 Å². The lowest BCUT2D eigenvalue weighted by Gasteiger charge is -2.30. The fourth-order valence-corrected chi connectivity index (χ4v) is 1.67. The number of aliphatic carboxylic acids is 1. The Morgan fingerprint density at radius 1 is 1.38 bits per heavy atom. The van der Waals surface area contributed by atoms with Gasteiger partial charge in [0, 0.05) is 12.1 Å². The largest absolute Gasteiger partial charge is 0.478 e. The molecule has 0 spiro atoms. The van der Waals surface area contributed by atoms with Crippen LogP contribution in [0.3, 0.4) is 0 Å². The predicted molar refractivity (Wildman–Crippen MR) is 51.7 cm³/mol. The number of carboxylic acid groups (broad SMARTS) is 1. The summed E-state index contributed by atoms with van der Waals surface area (Å²) in [5, 5.41) is 8.46. The van der Waals surface area contributed by atoms with Crippen molar-refractivity contribution >= 4 is 5.97 Å². The third-order valence-electron chi connectivity index (χ3n) is 2.48. The van der Waals surface area contributed by atoms with Crippen molar-refractivity contribution < 1.29 is 9.90 Å². The summed E-state index contributed by atoms with van der Waals surface area (Å²) in [4.78, 5) is 12.6. The van der Waals surface area contributed by atoms with Gasteiger partial charge in [-0.1, -0.05) is 12.5 Å². The monoisotopic (exact) mass is 183 g/mol. The minimum Gasteiger partial charge on any atom is -0.478 e. The molecule has 3 heteroatoms. The number of nitrogens with zero attached hydrogens (tertiary/aromatic N) is 1. The van der Waals surface area contributed by atoms with E-state index in [2.05, 4.69) is 4.90 Å². The average Bonchev–Trinajstić information content (AvgIpc) is 2.15. The minimum absolute atomic E-state index is 0.261. The number of rotatable bonds is 3. The highest BCUT2D eigenvalue weighted by atomic mass is 16.4. The van der Waals surface area contributed by atoms with Gasteiger partial charge < -0.3 is 5.11 Å². The standard InChI is InChI=1S/C10H17NO2/c1-9(5-6-10(12)13)11-7-3-2-4-8-11/h5-6,9H,2-4,7-8H2,1H3,(H,12,13). The van der Waals surface area contributed by atoms with Crippen LogP contribution in [-0.2, 0) is 4.79 Å². The van der Waals surface area contributed by atoms with Gasteiger partial charge in [0.15, 0.2) is 0 Å². The van der Waals surface area contributed by atoms with Crippen LogP contribution in [0.5, 0.6) is 0 Å². The molecule has 1 aliphatic heterocycles. The Labute approximate surface area is 79.0 Å². The molecule has 1 aliphatic rings. The molecule has 0 saturated carbocycles. The normalized spacial score (nSPS) is 21.9. The van der Waals surface area contributed by atoms with Crippen LogP contribution in [0.25, 0.3) is 0 Å². The first-order valence-electron chi connectivity index (χ1n) is 4.85. The first-order valence-corrected chi connectivity index (χ1v) is 4.85. The Hall–Kier alpha value is -0.830. The number of piperidine rings is 1. The second kappa shape index (κ2) is 5.02. The van der Waals surface area contributed by atoms with E-state index in [-0.39, 0.29) is 6.04 Å². The van der Waals surface area contributed by atoms with Gasteiger partial charge in [0.2, 0.25) is 0 Å². The maximum atomic E-state index is 10.3. The Balaban J connectivity index is 2.36. The molecule has 0 radical (unpaired) electrons. The van der Waals surface area contributed by atoms with E-state index in [1.54, 1.807) is 6.08 Å². The van der Waals surface area contributed by atoms with E-state index in [4.69, 9.17) is 5.11 Å². The lowest BCUT2D eigenvalue weighted by Crippen LogP contribution is -2.36.